The highest BCUT2D eigenvalue weighted by Crippen LogP contribution is 2.13. The molecule has 0 amide bonds. The zero-order valence-corrected chi connectivity index (χ0v) is 11.2. The van der Waals surface area contributed by atoms with Crippen molar-refractivity contribution < 1.29 is 0 Å². The van der Waals surface area contributed by atoms with E-state index in [1.54, 1.807) is 0 Å². The standard InChI is InChI=1S/C15H17ClN2/c1-17-14-6-8-15(9-7-14)18-11-10-12-2-4-13(16)5-3-12/h2-9,17-18H,10-11H2,1H3. The van der Waals surface area contributed by atoms with E-state index in [0.29, 0.717) is 0 Å². The number of hydrogen-bond donors (Lipinski definition) is 2. The summed E-state index contributed by atoms with van der Waals surface area (Å²) in [6.45, 7) is 0.917. The lowest BCUT2D eigenvalue weighted by Gasteiger charge is -2.07. The molecule has 0 aliphatic rings. The lowest BCUT2D eigenvalue weighted by Crippen LogP contribution is -2.04. The van der Waals surface area contributed by atoms with E-state index >= 15 is 0 Å². The van der Waals surface area contributed by atoms with Crippen molar-refractivity contribution in [3.8, 4) is 0 Å². The van der Waals surface area contributed by atoms with E-state index in [4.69, 9.17) is 11.6 Å². The van der Waals surface area contributed by atoms with Crippen LogP contribution < -0.4 is 10.6 Å². The first-order valence-electron chi connectivity index (χ1n) is 6.04. The van der Waals surface area contributed by atoms with E-state index < -0.39 is 0 Å². The Labute approximate surface area is 113 Å². The van der Waals surface area contributed by atoms with Crippen molar-refractivity contribution in [1.82, 2.24) is 0 Å². The normalized spacial score (nSPS) is 10.1. The summed E-state index contributed by atoms with van der Waals surface area (Å²) in [5.41, 5.74) is 3.56. The highest BCUT2D eigenvalue weighted by molar-refractivity contribution is 6.30. The van der Waals surface area contributed by atoms with Gasteiger partial charge in [-0.3, -0.25) is 0 Å². The fourth-order valence-corrected chi connectivity index (χ4v) is 1.88. The van der Waals surface area contributed by atoms with E-state index in [1.165, 1.54) is 5.56 Å². The molecule has 0 fully saturated rings. The monoisotopic (exact) mass is 260 g/mol. The second-order valence-electron chi connectivity index (χ2n) is 4.13. The molecular formula is C15H17ClN2. The molecule has 0 aromatic heterocycles. The zero-order chi connectivity index (χ0) is 12.8. The van der Waals surface area contributed by atoms with Crippen LogP contribution in [0, 0.1) is 0 Å². The van der Waals surface area contributed by atoms with Crippen molar-refractivity contribution >= 4 is 23.0 Å². The molecule has 0 unspecified atom stereocenters. The highest BCUT2D eigenvalue weighted by atomic mass is 35.5. The van der Waals surface area contributed by atoms with Crippen molar-refractivity contribution in [2.45, 2.75) is 6.42 Å². The molecule has 0 aliphatic heterocycles. The average molecular weight is 261 g/mol. The largest absolute Gasteiger partial charge is 0.388 e. The first-order valence-corrected chi connectivity index (χ1v) is 6.42. The number of rotatable bonds is 5. The second-order valence-corrected chi connectivity index (χ2v) is 4.57. The van der Waals surface area contributed by atoms with Gasteiger partial charge in [0, 0.05) is 30.0 Å². The minimum absolute atomic E-state index is 0.786. The molecule has 2 aromatic carbocycles. The van der Waals surface area contributed by atoms with E-state index in [-0.39, 0.29) is 0 Å². The van der Waals surface area contributed by atoms with Gasteiger partial charge in [0.05, 0.1) is 0 Å². The van der Waals surface area contributed by atoms with Gasteiger partial charge in [0.1, 0.15) is 0 Å². The molecule has 2 aromatic rings. The predicted molar refractivity (Wildman–Crippen MR) is 79.6 cm³/mol. The van der Waals surface area contributed by atoms with E-state index in [0.717, 1.165) is 29.4 Å². The van der Waals surface area contributed by atoms with E-state index in [1.807, 2.05) is 19.2 Å². The molecule has 3 heteroatoms. The molecule has 0 spiro atoms. The summed E-state index contributed by atoms with van der Waals surface area (Å²) in [7, 11) is 1.92. The Bertz CT molecular complexity index is 477. The summed E-state index contributed by atoms with van der Waals surface area (Å²) in [6, 6.07) is 16.3. The van der Waals surface area contributed by atoms with Gasteiger partial charge in [0.15, 0.2) is 0 Å². The molecule has 0 bridgehead atoms. The van der Waals surface area contributed by atoms with Gasteiger partial charge in [-0.1, -0.05) is 23.7 Å². The van der Waals surface area contributed by atoms with Crippen LogP contribution >= 0.6 is 11.6 Å². The molecule has 94 valence electrons. The van der Waals surface area contributed by atoms with Crippen LogP contribution in [0.2, 0.25) is 5.02 Å². The SMILES string of the molecule is CNc1ccc(NCCc2ccc(Cl)cc2)cc1. The molecule has 18 heavy (non-hydrogen) atoms. The Morgan fingerprint density at radius 2 is 1.50 bits per heavy atom. The summed E-state index contributed by atoms with van der Waals surface area (Å²) in [4.78, 5) is 0. The van der Waals surface area contributed by atoms with Crippen LogP contribution in [0.1, 0.15) is 5.56 Å². The number of hydrogen-bond acceptors (Lipinski definition) is 2. The Morgan fingerprint density at radius 3 is 2.11 bits per heavy atom. The van der Waals surface area contributed by atoms with Crippen LogP contribution in [-0.2, 0) is 6.42 Å². The Hall–Kier alpha value is -1.67. The molecule has 0 radical (unpaired) electrons. The molecule has 0 atom stereocenters. The minimum atomic E-state index is 0.786. The quantitative estimate of drug-likeness (QED) is 0.848. The van der Waals surface area contributed by atoms with Crippen LogP contribution in [0.25, 0.3) is 0 Å². The Kier molecular flexibility index (Phi) is 4.48. The topological polar surface area (TPSA) is 24.1 Å². The summed E-state index contributed by atoms with van der Waals surface area (Å²) in [5, 5.41) is 7.29. The third-order valence-electron chi connectivity index (χ3n) is 2.83. The summed E-state index contributed by atoms with van der Waals surface area (Å²) < 4.78 is 0. The van der Waals surface area contributed by atoms with Gasteiger partial charge in [0.2, 0.25) is 0 Å². The van der Waals surface area contributed by atoms with Gasteiger partial charge < -0.3 is 10.6 Å². The lowest BCUT2D eigenvalue weighted by molar-refractivity contribution is 1.02. The Balaban J connectivity index is 1.82. The fraction of sp³-hybridized carbons (Fsp3) is 0.200. The Morgan fingerprint density at radius 1 is 0.889 bits per heavy atom. The molecule has 0 saturated carbocycles. The van der Waals surface area contributed by atoms with Crippen LogP contribution in [0.15, 0.2) is 48.5 Å². The number of benzene rings is 2. The molecular weight excluding hydrogens is 244 g/mol. The number of halogens is 1. The molecule has 2 rings (SSSR count). The first-order chi connectivity index (χ1) is 8.78. The summed E-state index contributed by atoms with van der Waals surface area (Å²) >= 11 is 5.85. The zero-order valence-electron chi connectivity index (χ0n) is 10.4. The van der Waals surface area contributed by atoms with Gasteiger partial charge in [-0.05, 0) is 48.4 Å². The van der Waals surface area contributed by atoms with Crippen molar-refractivity contribution in [1.29, 1.82) is 0 Å². The molecule has 2 N–H and O–H groups in total. The van der Waals surface area contributed by atoms with Gasteiger partial charge in [0.25, 0.3) is 0 Å². The van der Waals surface area contributed by atoms with Crippen LogP contribution in [0.5, 0.6) is 0 Å². The highest BCUT2D eigenvalue weighted by Gasteiger charge is 1.95. The molecule has 0 heterocycles. The lowest BCUT2D eigenvalue weighted by atomic mass is 10.1. The van der Waals surface area contributed by atoms with Gasteiger partial charge in [-0.25, -0.2) is 0 Å². The fourth-order valence-electron chi connectivity index (χ4n) is 1.76. The van der Waals surface area contributed by atoms with Crippen molar-refractivity contribution in [2.75, 3.05) is 24.2 Å². The van der Waals surface area contributed by atoms with Crippen molar-refractivity contribution in [3.05, 3.63) is 59.1 Å². The molecule has 2 nitrogen and oxygen atoms in total. The molecule has 0 aliphatic carbocycles. The molecule has 0 saturated heterocycles. The minimum Gasteiger partial charge on any atom is -0.388 e. The average Bonchev–Trinajstić information content (AvgIpc) is 2.42. The summed E-state index contributed by atoms with van der Waals surface area (Å²) in [5.74, 6) is 0. The maximum absolute atomic E-state index is 5.85. The van der Waals surface area contributed by atoms with Crippen LogP contribution in [0.3, 0.4) is 0 Å². The van der Waals surface area contributed by atoms with Gasteiger partial charge >= 0.3 is 0 Å². The van der Waals surface area contributed by atoms with E-state index in [2.05, 4.69) is 47.0 Å². The van der Waals surface area contributed by atoms with Gasteiger partial charge in [-0.2, -0.15) is 0 Å². The van der Waals surface area contributed by atoms with Crippen molar-refractivity contribution in [3.63, 3.8) is 0 Å². The smallest absolute Gasteiger partial charge is 0.0406 e. The van der Waals surface area contributed by atoms with Crippen molar-refractivity contribution in [2.24, 2.45) is 0 Å². The van der Waals surface area contributed by atoms with Crippen LogP contribution in [-0.4, -0.2) is 13.6 Å². The first kappa shape index (κ1) is 12.8. The third kappa shape index (κ3) is 3.67. The number of anilines is 2. The predicted octanol–water partition coefficient (Wildman–Crippen LogP) is 4.04. The summed E-state index contributed by atoms with van der Waals surface area (Å²) in [6.07, 6.45) is 0.991. The maximum Gasteiger partial charge on any atom is 0.0406 e. The second kappa shape index (κ2) is 6.31. The number of nitrogens with one attached hydrogen (secondary N) is 2. The van der Waals surface area contributed by atoms with Crippen LogP contribution in [0.4, 0.5) is 11.4 Å². The maximum atomic E-state index is 5.85. The van der Waals surface area contributed by atoms with Gasteiger partial charge in [-0.15, -0.1) is 0 Å². The van der Waals surface area contributed by atoms with E-state index in [9.17, 15) is 0 Å². The third-order valence-corrected chi connectivity index (χ3v) is 3.08.